The second kappa shape index (κ2) is 5.24. The zero-order valence-electron chi connectivity index (χ0n) is 13.7. The van der Waals surface area contributed by atoms with Gasteiger partial charge in [0.1, 0.15) is 5.54 Å². The molecule has 1 amide bonds. The third kappa shape index (κ3) is 2.06. The Hall–Kier alpha value is -0.610. The summed E-state index contributed by atoms with van der Waals surface area (Å²) >= 11 is 0. The molecule has 21 heavy (non-hydrogen) atoms. The van der Waals surface area contributed by atoms with Crippen molar-refractivity contribution in [2.75, 3.05) is 6.61 Å². The minimum absolute atomic E-state index is 0.0598. The molecule has 0 radical (unpaired) electrons. The highest BCUT2D eigenvalue weighted by atomic mass is 16.5. The van der Waals surface area contributed by atoms with E-state index in [1.54, 1.807) is 0 Å². The first-order valence-corrected chi connectivity index (χ1v) is 8.64. The molecule has 1 saturated heterocycles. The van der Waals surface area contributed by atoms with Gasteiger partial charge in [-0.25, -0.2) is 0 Å². The number of hydrogen-bond donors (Lipinski definition) is 2. The maximum absolute atomic E-state index is 12.9. The fraction of sp³-hybridized carbons (Fsp3) is 0.941. The maximum atomic E-state index is 12.9. The normalized spacial score (nSPS) is 44.8. The van der Waals surface area contributed by atoms with Gasteiger partial charge in [-0.05, 0) is 25.2 Å². The van der Waals surface area contributed by atoms with Gasteiger partial charge in [0, 0.05) is 24.0 Å². The number of amides is 1. The number of carbonyl (C=O) groups is 1. The molecule has 5 unspecified atom stereocenters. The summed E-state index contributed by atoms with van der Waals surface area (Å²) < 4.78 is 5.79. The van der Waals surface area contributed by atoms with Gasteiger partial charge in [0.05, 0.1) is 6.10 Å². The highest BCUT2D eigenvalue weighted by molar-refractivity contribution is 5.89. The first-order chi connectivity index (χ1) is 9.92. The summed E-state index contributed by atoms with van der Waals surface area (Å²) in [4.78, 5) is 12.9. The molecule has 0 spiro atoms. The SMILES string of the molecule is CCC1CCCCC1NC(=O)C1(N)C2CCOC2C1(C)C. The van der Waals surface area contributed by atoms with Crippen molar-refractivity contribution < 1.29 is 9.53 Å². The molecule has 2 saturated carbocycles. The first kappa shape index (κ1) is 15.3. The predicted octanol–water partition coefficient (Wildman–Crippen LogP) is 2.21. The third-order valence-electron chi connectivity index (χ3n) is 6.58. The lowest BCUT2D eigenvalue weighted by molar-refractivity contribution is -0.176. The van der Waals surface area contributed by atoms with E-state index in [-0.39, 0.29) is 23.3 Å². The molecule has 1 heterocycles. The van der Waals surface area contributed by atoms with Crippen molar-refractivity contribution in [1.29, 1.82) is 0 Å². The van der Waals surface area contributed by atoms with Gasteiger partial charge in [0.15, 0.2) is 0 Å². The van der Waals surface area contributed by atoms with Gasteiger partial charge in [-0.15, -0.1) is 0 Å². The largest absolute Gasteiger partial charge is 0.377 e. The highest BCUT2D eigenvalue weighted by Gasteiger charge is 2.71. The standard InChI is InChI=1S/C17H30N2O2/c1-4-11-7-5-6-8-13(11)19-15(20)17(18)12-9-10-21-14(12)16(17,2)3/h11-14H,4-10,18H2,1-3H3,(H,19,20). The van der Waals surface area contributed by atoms with Gasteiger partial charge in [-0.1, -0.05) is 40.0 Å². The van der Waals surface area contributed by atoms with Gasteiger partial charge < -0.3 is 15.8 Å². The molecule has 1 aliphatic heterocycles. The fourth-order valence-corrected chi connectivity index (χ4v) is 5.02. The van der Waals surface area contributed by atoms with Gasteiger partial charge in [0.2, 0.25) is 5.91 Å². The Labute approximate surface area is 128 Å². The molecular weight excluding hydrogens is 264 g/mol. The van der Waals surface area contributed by atoms with Crippen molar-refractivity contribution in [1.82, 2.24) is 5.32 Å². The van der Waals surface area contributed by atoms with Gasteiger partial charge in [0.25, 0.3) is 0 Å². The molecular formula is C17H30N2O2. The van der Waals surface area contributed by atoms with Gasteiger partial charge >= 0.3 is 0 Å². The Balaban J connectivity index is 1.72. The van der Waals surface area contributed by atoms with Crippen LogP contribution in [0.2, 0.25) is 0 Å². The number of rotatable bonds is 3. The van der Waals surface area contributed by atoms with Gasteiger partial charge in [-0.3, -0.25) is 4.79 Å². The van der Waals surface area contributed by atoms with Crippen molar-refractivity contribution in [2.45, 2.75) is 77.0 Å². The van der Waals surface area contributed by atoms with Crippen LogP contribution >= 0.6 is 0 Å². The summed E-state index contributed by atoms with van der Waals surface area (Å²) in [7, 11) is 0. The molecule has 3 aliphatic rings. The second-order valence-corrected chi connectivity index (χ2v) is 7.81. The molecule has 3 N–H and O–H groups in total. The number of carbonyl (C=O) groups excluding carboxylic acids is 1. The number of hydrogen-bond acceptors (Lipinski definition) is 3. The molecule has 4 heteroatoms. The molecule has 120 valence electrons. The van der Waals surface area contributed by atoms with Crippen LogP contribution in [0.4, 0.5) is 0 Å². The van der Waals surface area contributed by atoms with Crippen LogP contribution in [0.25, 0.3) is 0 Å². The number of fused-ring (bicyclic) bond motifs is 1. The molecule has 0 aromatic rings. The Morgan fingerprint density at radius 3 is 2.71 bits per heavy atom. The summed E-state index contributed by atoms with van der Waals surface area (Å²) in [5.74, 6) is 0.867. The average Bonchev–Trinajstić information content (AvgIpc) is 2.95. The lowest BCUT2D eigenvalue weighted by Crippen LogP contribution is -2.80. The van der Waals surface area contributed by atoms with Crippen molar-refractivity contribution in [2.24, 2.45) is 23.0 Å². The van der Waals surface area contributed by atoms with Crippen LogP contribution in [0.15, 0.2) is 0 Å². The van der Waals surface area contributed by atoms with Crippen LogP contribution in [0.3, 0.4) is 0 Å². The van der Waals surface area contributed by atoms with Crippen LogP contribution in [0, 0.1) is 17.3 Å². The second-order valence-electron chi connectivity index (χ2n) is 7.81. The summed E-state index contributed by atoms with van der Waals surface area (Å²) in [6, 6.07) is 0.314. The minimum Gasteiger partial charge on any atom is -0.377 e. The third-order valence-corrected chi connectivity index (χ3v) is 6.58. The smallest absolute Gasteiger partial charge is 0.241 e. The Bertz CT molecular complexity index is 423. The maximum Gasteiger partial charge on any atom is 0.241 e. The quantitative estimate of drug-likeness (QED) is 0.839. The first-order valence-electron chi connectivity index (χ1n) is 8.64. The Morgan fingerprint density at radius 2 is 2.00 bits per heavy atom. The van der Waals surface area contributed by atoms with Crippen LogP contribution in [-0.2, 0) is 9.53 Å². The summed E-state index contributed by atoms with van der Waals surface area (Å²) in [6.07, 6.45) is 7.06. The summed E-state index contributed by atoms with van der Waals surface area (Å²) in [5.41, 5.74) is 5.59. The Morgan fingerprint density at radius 1 is 1.29 bits per heavy atom. The fourth-order valence-electron chi connectivity index (χ4n) is 5.02. The summed E-state index contributed by atoms with van der Waals surface area (Å²) in [5, 5.41) is 3.31. The molecule has 0 bridgehead atoms. The van der Waals surface area contributed by atoms with E-state index in [1.165, 1.54) is 19.3 Å². The van der Waals surface area contributed by atoms with Crippen LogP contribution in [0.5, 0.6) is 0 Å². The highest BCUT2D eigenvalue weighted by Crippen LogP contribution is 2.58. The van der Waals surface area contributed by atoms with Crippen LogP contribution in [-0.4, -0.2) is 30.2 Å². The van der Waals surface area contributed by atoms with Crippen LogP contribution in [0.1, 0.15) is 59.3 Å². The lowest BCUT2D eigenvalue weighted by atomic mass is 9.48. The van der Waals surface area contributed by atoms with Crippen molar-refractivity contribution in [3.63, 3.8) is 0 Å². The van der Waals surface area contributed by atoms with E-state index in [4.69, 9.17) is 10.5 Å². The zero-order valence-corrected chi connectivity index (χ0v) is 13.7. The monoisotopic (exact) mass is 294 g/mol. The number of nitrogens with one attached hydrogen (secondary N) is 1. The van der Waals surface area contributed by atoms with Gasteiger partial charge in [-0.2, -0.15) is 0 Å². The van der Waals surface area contributed by atoms with E-state index >= 15 is 0 Å². The topological polar surface area (TPSA) is 64.4 Å². The number of ether oxygens (including phenoxy) is 1. The van der Waals surface area contributed by atoms with E-state index in [2.05, 4.69) is 26.1 Å². The molecule has 5 atom stereocenters. The molecule has 2 aliphatic carbocycles. The van der Waals surface area contributed by atoms with Crippen molar-refractivity contribution in [3.05, 3.63) is 0 Å². The van der Waals surface area contributed by atoms with Crippen molar-refractivity contribution >= 4 is 5.91 Å². The van der Waals surface area contributed by atoms with E-state index in [9.17, 15) is 4.79 Å². The van der Waals surface area contributed by atoms with E-state index in [1.807, 2.05) is 0 Å². The molecule has 4 nitrogen and oxygen atoms in total. The average molecular weight is 294 g/mol. The Kier molecular flexibility index (Phi) is 3.81. The van der Waals surface area contributed by atoms with Crippen molar-refractivity contribution in [3.8, 4) is 0 Å². The minimum atomic E-state index is -0.760. The van der Waals surface area contributed by atoms with E-state index in [0.717, 1.165) is 25.9 Å². The molecule has 0 aromatic heterocycles. The molecule has 3 rings (SSSR count). The lowest BCUT2D eigenvalue weighted by Gasteiger charge is -2.61. The predicted molar refractivity (Wildman–Crippen MR) is 82.7 cm³/mol. The number of nitrogens with two attached hydrogens (primary N) is 1. The summed E-state index contributed by atoms with van der Waals surface area (Å²) in [6.45, 7) is 7.13. The van der Waals surface area contributed by atoms with E-state index < -0.39 is 5.54 Å². The molecule has 3 fully saturated rings. The zero-order chi connectivity index (χ0) is 15.3. The van der Waals surface area contributed by atoms with Crippen LogP contribution < -0.4 is 11.1 Å². The van der Waals surface area contributed by atoms with E-state index in [0.29, 0.717) is 12.0 Å². The molecule has 0 aromatic carbocycles.